The van der Waals surface area contributed by atoms with Crippen molar-refractivity contribution in [3.63, 3.8) is 0 Å². The number of carbonyl (C=O) groups is 4. The van der Waals surface area contributed by atoms with Crippen LogP contribution >= 0.6 is 34.9 Å². The zero-order chi connectivity index (χ0) is 38.2. The highest BCUT2D eigenvalue weighted by Crippen LogP contribution is 2.45. The van der Waals surface area contributed by atoms with Crippen molar-refractivity contribution in [3.05, 3.63) is 63.2 Å². The monoisotopic (exact) mass is 800 g/mol. The Morgan fingerprint density at radius 3 is 2.02 bits per heavy atom. The third-order valence-electron chi connectivity index (χ3n) is 7.10. The third kappa shape index (κ3) is 7.54. The summed E-state index contributed by atoms with van der Waals surface area (Å²) in [6.07, 6.45) is 2.46. The molecule has 0 bridgehead atoms. The molecule has 52 heavy (non-hydrogen) atoms. The first kappa shape index (κ1) is 37.7. The number of rotatable bonds is 12. The summed E-state index contributed by atoms with van der Waals surface area (Å²) in [7, 11) is -1.70. The van der Waals surface area contributed by atoms with E-state index in [2.05, 4.69) is 0 Å². The molecule has 24 heteroatoms. The first-order chi connectivity index (χ1) is 24.4. The van der Waals surface area contributed by atoms with E-state index >= 15 is 0 Å². The molecule has 4 heterocycles. The number of amides is 1. The number of benzene rings is 1. The Morgan fingerprint density at radius 1 is 0.846 bits per heavy atom. The summed E-state index contributed by atoms with van der Waals surface area (Å²) in [4.78, 5) is 77.1. The molecule has 4 N–H and O–H groups in total. The van der Waals surface area contributed by atoms with Gasteiger partial charge in [-0.3, -0.25) is 47.4 Å². The van der Waals surface area contributed by atoms with Gasteiger partial charge in [-0.1, -0.05) is 0 Å². The van der Waals surface area contributed by atoms with Gasteiger partial charge in [0.2, 0.25) is 11.6 Å². The molecule has 1 saturated heterocycles. The van der Waals surface area contributed by atoms with Gasteiger partial charge in [-0.15, -0.1) is 22.7 Å². The maximum Gasteiger partial charge on any atom is 0.323 e. The molecule has 276 valence electrons. The number of carbonyl (C=O) groups excluding carboxylic acids is 1. The van der Waals surface area contributed by atoms with Crippen LogP contribution in [0.4, 0.5) is 5.69 Å². The van der Waals surface area contributed by atoms with Crippen molar-refractivity contribution in [1.29, 1.82) is 0 Å². The summed E-state index contributed by atoms with van der Waals surface area (Å²) in [5, 5.41) is 27.7. The number of thiocarbonyl (C=S) groups is 1. The molecule has 1 fully saturated rings. The van der Waals surface area contributed by atoms with Crippen LogP contribution in [-0.4, -0.2) is 104 Å². The first-order valence-electron chi connectivity index (χ1n) is 14.2. The second-order valence-electron chi connectivity index (χ2n) is 10.4. The number of hydrogen-bond acceptors (Lipinski definition) is 16. The van der Waals surface area contributed by atoms with E-state index in [1.54, 1.807) is 0 Å². The Bertz CT molecular complexity index is 2550. The zero-order valence-electron chi connectivity index (χ0n) is 26.5. The smallest absolute Gasteiger partial charge is 0.323 e. The molecule has 2 aliphatic heterocycles. The van der Waals surface area contributed by atoms with Gasteiger partial charge in [-0.25, -0.2) is 0 Å². The van der Waals surface area contributed by atoms with Gasteiger partial charge < -0.3 is 39.2 Å². The van der Waals surface area contributed by atoms with Crippen LogP contribution < -0.4 is 39.4 Å². The average Bonchev–Trinajstić information content (AvgIpc) is 3.75. The van der Waals surface area contributed by atoms with Gasteiger partial charge in [-0.05, 0) is 18.3 Å². The van der Waals surface area contributed by atoms with Crippen LogP contribution in [0.25, 0.3) is 11.8 Å². The number of fused-ring (bicyclic) bond motifs is 1. The lowest BCUT2D eigenvalue weighted by Crippen LogP contribution is -2.35. The van der Waals surface area contributed by atoms with Crippen molar-refractivity contribution in [3.8, 4) is 17.2 Å². The fraction of sp³-hybridized carbons (Fsp3) is 0.250. The highest BCUT2D eigenvalue weighted by Gasteiger charge is 2.37. The van der Waals surface area contributed by atoms with Gasteiger partial charge in [0.25, 0.3) is 26.4 Å². The zero-order valence-corrected chi connectivity index (χ0v) is 29.7. The van der Waals surface area contributed by atoms with Gasteiger partial charge in [-0.2, -0.15) is 8.42 Å². The standard InChI is InChI=1S/C28H24N4O16S4/c1-45-14-7-12-13(8-15(14)46-2)47-17(29(12)5-6-52(42,43)44)4-3-16-23(39)30(9-18(33)34)27(50-16)22-25(41)31(10-19(35)36)26(51-22)21-24(40)32(11-20(37)38)28(49)48-21/h3-4,7-8H,5-6,9-11H2,1-2H3,(H,33,34)(H,35,36)(H,37,38)(H,42,43,44)/b16-3-,17-4+,26-21+,27-22+. The number of carboxylic acid groups (broad SMARTS) is 3. The number of allylic oxidation sites excluding steroid dienone is 1. The molecular formula is C28H24N4O16S4. The lowest BCUT2D eigenvalue weighted by Gasteiger charge is -2.18. The highest BCUT2D eigenvalue weighted by molar-refractivity contribution is 7.85. The largest absolute Gasteiger partial charge is 0.493 e. The topological polar surface area (TPSA) is 271 Å². The fourth-order valence-electron chi connectivity index (χ4n) is 4.91. The van der Waals surface area contributed by atoms with Crippen molar-refractivity contribution in [2.75, 3.05) is 38.0 Å². The lowest BCUT2D eigenvalue weighted by atomic mass is 10.2. The van der Waals surface area contributed by atoms with E-state index < -0.39 is 86.0 Å². The number of anilines is 1. The molecule has 1 aromatic carbocycles. The number of carboxylic acids is 3. The van der Waals surface area contributed by atoms with Gasteiger partial charge in [0.15, 0.2) is 17.2 Å². The predicted octanol–water partition coefficient (Wildman–Crippen LogP) is -1.65. The number of aromatic nitrogens is 2. The molecule has 0 saturated carbocycles. The van der Waals surface area contributed by atoms with Gasteiger partial charge in [0, 0.05) is 24.8 Å². The molecule has 2 aromatic heterocycles. The van der Waals surface area contributed by atoms with Crippen molar-refractivity contribution >= 4 is 91.5 Å². The normalized spacial score (nSPS) is 17.0. The van der Waals surface area contributed by atoms with Crippen LogP contribution in [-0.2, 0) is 47.1 Å². The Hall–Kier alpha value is -5.56. The van der Waals surface area contributed by atoms with Gasteiger partial charge >= 0.3 is 23.8 Å². The Kier molecular flexibility index (Phi) is 10.6. The first-order valence-corrected chi connectivity index (χ1v) is 17.8. The molecule has 3 aromatic rings. The minimum atomic E-state index is -4.45. The molecule has 0 radical (unpaired) electrons. The third-order valence-corrected chi connectivity index (χ3v) is 10.5. The highest BCUT2D eigenvalue weighted by atomic mass is 32.2. The van der Waals surface area contributed by atoms with Crippen molar-refractivity contribution in [2.45, 2.75) is 13.1 Å². The van der Waals surface area contributed by atoms with E-state index in [9.17, 15) is 52.0 Å². The molecule has 0 aliphatic carbocycles. The number of aliphatic carboxylic acids is 3. The second-order valence-corrected chi connectivity index (χ2v) is 14.4. The maximum absolute atomic E-state index is 13.7. The van der Waals surface area contributed by atoms with E-state index in [-0.39, 0.29) is 43.4 Å². The SMILES string of the molecule is COc1cc2c(cc1OC)N(CCS(=O)(=O)O)/C(=C\C=c1/s/c(=c3/s/c(=C4/OC(=S)N(CC(=O)O)C4=O)n(CC(=O)O)c3=O)n(CC(=O)O)c1=O)O2. The Balaban J connectivity index is 1.76. The molecule has 5 rings (SSSR count). The summed E-state index contributed by atoms with van der Waals surface area (Å²) < 4.78 is 54.6. The van der Waals surface area contributed by atoms with Crippen LogP contribution in [0.3, 0.4) is 0 Å². The molecule has 0 unspecified atom stereocenters. The number of ether oxygens (including phenoxy) is 4. The molecular weight excluding hydrogens is 777 g/mol. The summed E-state index contributed by atoms with van der Waals surface area (Å²) in [5.74, 6) is -6.25. The van der Waals surface area contributed by atoms with E-state index in [0.717, 1.165) is 4.57 Å². The number of hydrogen-bond donors (Lipinski definition) is 4. The average molecular weight is 801 g/mol. The summed E-state index contributed by atoms with van der Waals surface area (Å²) in [6, 6.07) is 2.95. The maximum atomic E-state index is 13.7. The summed E-state index contributed by atoms with van der Waals surface area (Å²) >= 11 is 6.05. The van der Waals surface area contributed by atoms with Gasteiger partial charge in [0.05, 0.1) is 30.2 Å². The van der Waals surface area contributed by atoms with Crippen LogP contribution in [0.2, 0.25) is 0 Å². The minimum absolute atomic E-state index is 0.0366. The lowest BCUT2D eigenvalue weighted by molar-refractivity contribution is -0.140. The predicted molar refractivity (Wildman–Crippen MR) is 182 cm³/mol. The Morgan fingerprint density at radius 2 is 1.44 bits per heavy atom. The van der Waals surface area contributed by atoms with Crippen LogP contribution in [0.5, 0.6) is 17.2 Å². The van der Waals surface area contributed by atoms with Crippen molar-refractivity contribution in [1.82, 2.24) is 14.0 Å². The molecule has 20 nitrogen and oxygen atoms in total. The van der Waals surface area contributed by atoms with Crippen molar-refractivity contribution in [2.24, 2.45) is 0 Å². The van der Waals surface area contributed by atoms with Crippen LogP contribution in [0, 0.1) is 9.20 Å². The Labute approximate surface area is 302 Å². The molecule has 0 spiro atoms. The van der Waals surface area contributed by atoms with Crippen LogP contribution in [0.15, 0.2) is 33.7 Å². The quantitative estimate of drug-likeness (QED) is 0.118. The number of thiazole rings is 2. The molecule has 1 amide bonds. The van der Waals surface area contributed by atoms with Crippen molar-refractivity contribution < 1.29 is 66.4 Å². The van der Waals surface area contributed by atoms with E-state index in [1.165, 1.54) is 43.4 Å². The summed E-state index contributed by atoms with van der Waals surface area (Å²) in [6.45, 7) is -3.19. The fourth-order valence-corrected chi connectivity index (χ4v) is 7.85. The molecule has 2 aliphatic rings. The van der Waals surface area contributed by atoms with E-state index in [4.69, 9.17) is 36.3 Å². The number of nitrogens with zero attached hydrogens (tertiary/aromatic N) is 4. The second kappa shape index (κ2) is 14.6. The van der Waals surface area contributed by atoms with Gasteiger partial charge in [0.1, 0.15) is 33.5 Å². The minimum Gasteiger partial charge on any atom is -0.493 e. The van der Waals surface area contributed by atoms with E-state index in [0.29, 0.717) is 37.8 Å². The summed E-state index contributed by atoms with van der Waals surface area (Å²) in [5.41, 5.74) is -1.65. The van der Waals surface area contributed by atoms with E-state index in [1.807, 2.05) is 0 Å². The van der Waals surface area contributed by atoms with Crippen LogP contribution in [0.1, 0.15) is 0 Å². The molecule has 0 atom stereocenters. The number of methoxy groups -OCH3 is 2.